The van der Waals surface area contributed by atoms with Crippen molar-refractivity contribution in [1.82, 2.24) is 9.55 Å². The van der Waals surface area contributed by atoms with Gasteiger partial charge in [-0.05, 0) is 61.2 Å². The average molecular weight is 480 g/mol. The van der Waals surface area contributed by atoms with Gasteiger partial charge in [-0.25, -0.2) is 4.98 Å². The van der Waals surface area contributed by atoms with Gasteiger partial charge < -0.3 is 19.5 Å². The number of carbonyl (C=O) groups excluding carboxylic acids is 1. The van der Waals surface area contributed by atoms with Crippen molar-refractivity contribution in [3.63, 3.8) is 0 Å². The highest BCUT2D eigenvalue weighted by molar-refractivity contribution is 6.74. The van der Waals surface area contributed by atoms with Crippen LogP contribution in [0.1, 0.15) is 49.7 Å². The van der Waals surface area contributed by atoms with Crippen molar-refractivity contribution in [2.45, 2.75) is 70.8 Å². The van der Waals surface area contributed by atoms with E-state index in [9.17, 15) is 4.79 Å². The van der Waals surface area contributed by atoms with Gasteiger partial charge in [0.2, 0.25) is 0 Å². The fourth-order valence-corrected chi connectivity index (χ4v) is 4.93. The van der Waals surface area contributed by atoms with Crippen LogP contribution in [0.2, 0.25) is 18.1 Å². The summed E-state index contributed by atoms with van der Waals surface area (Å²) in [4.78, 5) is 15.6. The lowest BCUT2D eigenvalue weighted by Crippen LogP contribution is -2.44. The highest BCUT2D eigenvalue weighted by Gasteiger charge is 2.39. The number of hydrogen-bond donors (Lipinski definition) is 1. The molecular formula is C27H37N3O3Si. The minimum absolute atomic E-state index is 0.0121. The first-order chi connectivity index (χ1) is 16.0. The van der Waals surface area contributed by atoms with Crippen molar-refractivity contribution in [2.24, 2.45) is 5.73 Å². The van der Waals surface area contributed by atoms with E-state index in [0.29, 0.717) is 6.54 Å². The maximum absolute atomic E-state index is 11.5. The first-order valence-electron chi connectivity index (χ1n) is 11.9. The number of ether oxygens (including phenoxy) is 1. The first-order valence-corrected chi connectivity index (χ1v) is 14.8. The zero-order valence-corrected chi connectivity index (χ0v) is 22.0. The summed E-state index contributed by atoms with van der Waals surface area (Å²) in [5.41, 5.74) is 6.83. The molecule has 3 aromatic rings. The van der Waals surface area contributed by atoms with Crippen molar-refractivity contribution in [3.05, 3.63) is 78.4 Å². The molecule has 0 aliphatic heterocycles. The lowest BCUT2D eigenvalue weighted by atomic mass is 10.0. The lowest BCUT2D eigenvalue weighted by Gasteiger charge is -2.39. The van der Waals surface area contributed by atoms with Gasteiger partial charge in [-0.1, -0.05) is 57.2 Å². The van der Waals surface area contributed by atoms with E-state index < -0.39 is 14.2 Å². The zero-order chi connectivity index (χ0) is 24.8. The van der Waals surface area contributed by atoms with Crippen LogP contribution in [0.4, 0.5) is 0 Å². The molecule has 0 bridgehead atoms. The Morgan fingerprint density at radius 1 is 1.09 bits per heavy atom. The number of carbonyl (C=O) groups is 1. The molecule has 1 atom stereocenters. The van der Waals surface area contributed by atoms with Gasteiger partial charge in [0, 0.05) is 12.7 Å². The fourth-order valence-electron chi connectivity index (χ4n) is 3.55. The summed E-state index contributed by atoms with van der Waals surface area (Å²) in [5.74, 6) is 1.20. The van der Waals surface area contributed by atoms with Crippen LogP contribution in [-0.4, -0.2) is 29.9 Å². The summed E-state index contributed by atoms with van der Waals surface area (Å²) >= 11 is 0. The second-order valence-corrected chi connectivity index (χ2v) is 15.0. The molecule has 0 aliphatic rings. The number of aromatic nitrogens is 2. The summed E-state index contributed by atoms with van der Waals surface area (Å²) in [6, 6.07) is 18.0. The number of primary amides is 1. The standard InChI is InChI=1S/C27H37N3O3Si/c1-27(2,3)34(4,5)33-23(18-30-19-24(26(28)31)29-20-30)16-11-13-21-12-9-10-17-25(21)32-22-14-7-6-8-15-22/h6-10,12,14-15,17,19-20,23H,11,13,16,18H2,1-5H3,(H2,28,31). The van der Waals surface area contributed by atoms with E-state index in [1.165, 1.54) is 5.56 Å². The molecule has 0 radical (unpaired) electrons. The first kappa shape index (κ1) is 25.7. The average Bonchev–Trinajstić information content (AvgIpc) is 3.23. The van der Waals surface area contributed by atoms with E-state index in [0.717, 1.165) is 30.8 Å². The molecule has 0 saturated heterocycles. The van der Waals surface area contributed by atoms with Crippen LogP contribution in [0.15, 0.2) is 67.1 Å². The molecule has 6 nitrogen and oxygen atoms in total. The number of imidazole rings is 1. The number of hydrogen-bond acceptors (Lipinski definition) is 4. The second-order valence-electron chi connectivity index (χ2n) is 10.2. The number of rotatable bonds is 11. The summed E-state index contributed by atoms with van der Waals surface area (Å²) < 4.78 is 14.8. The Morgan fingerprint density at radius 2 is 1.76 bits per heavy atom. The number of aryl methyl sites for hydroxylation is 1. The van der Waals surface area contributed by atoms with E-state index in [4.69, 9.17) is 14.9 Å². The molecule has 1 heterocycles. The van der Waals surface area contributed by atoms with Crippen molar-refractivity contribution in [3.8, 4) is 11.5 Å². The molecule has 34 heavy (non-hydrogen) atoms. The summed E-state index contributed by atoms with van der Waals surface area (Å²) in [7, 11) is -1.98. The van der Waals surface area contributed by atoms with Gasteiger partial charge in [-0.2, -0.15) is 0 Å². The highest BCUT2D eigenvalue weighted by Crippen LogP contribution is 2.38. The molecule has 0 spiro atoms. The number of nitrogens with two attached hydrogens (primary N) is 1. The monoisotopic (exact) mass is 479 g/mol. The zero-order valence-electron chi connectivity index (χ0n) is 21.0. The molecule has 2 N–H and O–H groups in total. The Hall–Kier alpha value is -2.90. The topological polar surface area (TPSA) is 79.4 Å². The van der Waals surface area contributed by atoms with Gasteiger partial charge in [0.15, 0.2) is 8.32 Å². The molecule has 7 heteroatoms. The molecule has 0 aliphatic carbocycles. The van der Waals surface area contributed by atoms with Crippen molar-refractivity contribution in [2.75, 3.05) is 0 Å². The van der Waals surface area contributed by atoms with Gasteiger partial charge in [0.1, 0.15) is 17.2 Å². The predicted molar refractivity (Wildman–Crippen MR) is 139 cm³/mol. The third kappa shape index (κ3) is 7.05. The molecule has 0 saturated carbocycles. The Bertz CT molecular complexity index is 1070. The van der Waals surface area contributed by atoms with Gasteiger partial charge in [-0.15, -0.1) is 0 Å². The van der Waals surface area contributed by atoms with E-state index >= 15 is 0 Å². The minimum atomic E-state index is -1.98. The predicted octanol–water partition coefficient (Wildman–Crippen LogP) is 6.19. The quantitative estimate of drug-likeness (QED) is 0.333. The summed E-state index contributed by atoms with van der Waals surface area (Å²) in [6.07, 6.45) is 6.09. The van der Waals surface area contributed by atoms with Crippen LogP contribution in [0, 0.1) is 0 Å². The highest BCUT2D eigenvalue weighted by atomic mass is 28.4. The summed E-state index contributed by atoms with van der Waals surface area (Å²) in [5, 5.41) is 0.106. The maximum atomic E-state index is 11.5. The molecule has 3 rings (SSSR count). The van der Waals surface area contributed by atoms with Crippen LogP contribution < -0.4 is 10.5 Å². The van der Waals surface area contributed by atoms with E-state index in [1.807, 2.05) is 53.1 Å². The molecule has 182 valence electrons. The normalized spacial score (nSPS) is 13.0. The van der Waals surface area contributed by atoms with E-state index in [1.54, 1.807) is 12.5 Å². The van der Waals surface area contributed by atoms with E-state index in [2.05, 4.69) is 44.9 Å². The smallest absolute Gasteiger partial charge is 0.268 e. The molecule has 1 amide bonds. The van der Waals surface area contributed by atoms with Crippen molar-refractivity contribution < 1.29 is 14.0 Å². The van der Waals surface area contributed by atoms with Crippen LogP contribution in [0.5, 0.6) is 11.5 Å². The van der Waals surface area contributed by atoms with Gasteiger partial charge in [0.05, 0.1) is 12.4 Å². The van der Waals surface area contributed by atoms with Crippen molar-refractivity contribution in [1.29, 1.82) is 0 Å². The van der Waals surface area contributed by atoms with Gasteiger partial charge in [0.25, 0.3) is 5.91 Å². The van der Waals surface area contributed by atoms with Crippen molar-refractivity contribution >= 4 is 14.2 Å². The molecular weight excluding hydrogens is 442 g/mol. The number of nitrogens with zero attached hydrogens (tertiary/aromatic N) is 2. The Balaban J connectivity index is 1.69. The third-order valence-electron chi connectivity index (χ3n) is 6.48. The fraction of sp³-hybridized carbons (Fsp3) is 0.407. The largest absolute Gasteiger partial charge is 0.457 e. The second kappa shape index (κ2) is 11.0. The molecule has 1 aromatic heterocycles. The Labute approximate surface area is 204 Å². The number of amides is 1. The van der Waals surface area contributed by atoms with Gasteiger partial charge in [-0.3, -0.25) is 4.79 Å². The Morgan fingerprint density at radius 3 is 2.41 bits per heavy atom. The lowest BCUT2D eigenvalue weighted by molar-refractivity contribution is 0.0995. The summed E-state index contributed by atoms with van der Waals surface area (Å²) in [6.45, 7) is 11.9. The molecule has 2 aromatic carbocycles. The van der Waals surface area contributed by atoms with Crippen LogP contribution in [0.25, 0.3) is 0 Å². The number of para-hydroxylation sites is 2. The van der Waals surface area contributed by atoms with Crippen LogP contribution >= 0.6 is 0 Å². The number of benzene rings is 2. The maximum Gasteiger partial charge on any atom is 0.268 e. The third-order valence-corrected chi connectivity index (χ3v) is 11.0. The minimum Gasteiger partial charge on any atom is -0.457 e. The Kier molecular flexibility index (Phi) is 8.33. The van der Waals surface area contributed by atoms with Crippen LogP contribution in [-0.2, 0) is 17.4 Å². The SMILES string of the molecule is CC(C)(C)[Si](C)(C)OC(CCCc1ccccc1Oc1ccccc1)Cn1cnc(C(N)=O)c1. The van der Waals surface area contributed by atoms with Crippen LogP contribution in [0.3, 0.4) is 0 Å². The van der Waals surface area contributed by atoms with E-state index in [-0.39, 0.29) is 16.8 Å². The molecule has 0 fully saturated rings. The van der Waals surface area contributed by atoms with Gasteiger partial charge >= 0.3 is 0 Å². The molecule has 1 unspecified atom stereocenters.